The van der Waals surface area contributed by atoms with Gasteiger partial charge in [0.15, 0.2) is 12.4 Å². The highest BCUT2D eigenvalue weighted by atomic mass is 16.5. The van der Waals surface area contributed by atoms with Gasteiger partial charge in [-0.05, 0) is 35.9 Å². The number of aromatic nitrogens is 2. The standard InChI is InChI=1S/C20H16N2O6/c1-22-19-14(6-3-9-21-19)18(26)17(20(22)27)15(23)8-7-12-4-2-5-13(10-12)28-11-16(24)25/h2-10,26H,11H2,1H3,(H,24,25)/b8-7+. The van der Waals surface area contributed by atoms with Crippen molar-refractivity contribution < 1.29 is 24.5 Å². The third-order valence-electron chi connectivity index (χ3n) is 4.01. The number of aromatic hydroxyl groups is 1. The second-order valence-electron chi connectivity index (χ2n) is 5.91. The smallest absolute Gasteiger partial charge is 0.341 e. The predicted octanol–water partition coefficient (Wildman–Crippen LogP) is 2.00. The van der Waals surface area contributed by atoms with Crippen molar-refractivity contribution in [3.8, 4) is 11.5 Å². The molecule has 0 aliphatic heterocycles. The molecule has 0 fully saturated rings. The Bertz CT molecular complexity index is 1160. The summed E-state index contributed by atoms with van der Waals surface area (Å²) in [6.45, 7) is -0.485. The van der Waals surface area contributed by atoms with E-state index in [1.54, 1.807) is 36.4 Å². The number of ketones is 1. The molecule has 2 heterocycles. The summed E-state index contributed by atoms with van der Waals surface area (Å²) >= 11 is 0. The molecule has 0 saturated heterocycles. The van der Waals surface area contributed by atoms with Crippen LogP contribution in [0.1, 0.15) is 15.9 Å². The van der Waals surface area contributed by atoms with Gasteiger partial charge in [-0.1, -0.05) is 18.2 Å². The van der Waals surface area contributed by atoms with E-state index in [9.17, 15) is 19.5 Å². The molecule has 3 aromatic rings. The van der Waals surface area contributed by atoms with Crippen molar-refractivity contribution in [3.05, 3.63) is 70.2 Å². The zero-order chi connectivity index (χ0) is 20.3. The molecule has 0 unspecified atom stereocenters. The van der Waals surface area contributed by atoms with Crippen LogP contribution in [-0.2, 0) is 11.8 Å². The first-order valence-electron chi connectivity index (χ1n) is 8.22. The molecule has 0 aliphatic carbocycles. The van der Waals surface area contributed by atoms with Crippen molar-refractivity contribution in [1.82, 2.24) is 9.55 Å². The highest BCUT2D eigenvalue weighted by Gasteiger charge is 2.19. The number of aliphatic carboxylic acids is 1. The van der Waals surface area contributed by atoms with E-state index in [1.807, 2.05) is 0 Å². The summed E-state index contributed by atoms with van der Waals surface area (Å²) in [7, 11) is 1.47. The molecule has 8 heteroatoms. The number of benzene rings is 1. The van der Waals surface area contributed by atoms with Gasteiger partial charge in [-0.25, -0.2) is 9.78 Å². The maximum Gasteiger partial charge on any atom is 0.341 e. The van der Waals surface area contributed by atoms with Crippen LogP contribution in [-0.4, -0.2) is 38.1 Å². The zero-order valence-corrected chi connectivity index (χ0v) is 14.8. The number of hydrogen-bond acceptors (Lipinski definition) is 6. The average Bonchev–Trinajstić information content (AvgIpc) is 2.69. The number of carbonyl (C=O) groups is 2. The van der Waals surface area contributed by atoms with Gasteiger partial charge in [0.1, 0.15) is 22.7 Å². The monoisotopic (exact) mass is 380 g/mol. The largest absolute Gasteiger partial charge is 0.506 e. The van der Waals surface area contributed by atoms with Crippen LogP contribution in [0.5, 0.6) is 11.5 Å². The van der Waals surface area contributed by atoms with Gasteiger partial charge < -0.3 is 14.9 Å². The van der Waals surface area contributed by atoms with Crippen LogP contribution in [0.3, 0.4) is 0 Å². The molecule has 1 aromatic carbocycles. The van der Waals surface area contributed by atoms with E-state index < -0.39 is 29.7 Å². The minimum atomic E-state index is -1.10. The van der Waals surface area contributed by atoms with Crippen LogP contribution in [0, 0.1) is 0 Å². The Kier molecular flexibility index (Phi) is 5.21. The Labute approximate surface area is 159 Å². The van der Waals surface area contributed by atoms with E-state index >= 15 is 0 Å². The highest BCUT2D eigenvalue weighted by Crippen LogP contribution is 2.25. The van der Waals surface area contributed by atoms with E-state index in [2.05, 4.69) is 4.98 Å². The van der Waals surface area contributed by atoms with Crippen LogP contribution < -0.4 is 10.3 Å². The minimum absolute atomic E-state index is 0.272. The van der Waals surface area contributed by atoms with Gasteiger partial charge >= 0.3 is 5.97 Å². The summed E-state index contributed by atoms with van der Waals surface area (Å²) in [6.07, 6.45) is 4.10. The maximum absolute atomic E-state index is 12.6. The molecule has 0 aliphatic rings. The lowest BCUT2D eigenvalue weighted by molar-refractivity contribution is -0.139. The Morgan fingerprint density at radius 2 is 2.04 bits per heavy atom. The van der Waals surface area contributed by atoms with E-state index in [0.29, 0.717) is 16.7 Å². The van der Waals surface area contributed by atoms with E-state index in [4.69, 9.17) is 9.84 Å². The number of rotatable bonds is 6. The van der Waals surface area contributed by atoms with Crippen LogP contribution >= 0.6 is 0 Å². The first-order valence-corrected chi connectivity index (χ1v) is 8.22. The van der Waals surface area contributed by atoms with Gasteiger partial charge in [0.05, 0.1) is 5.39 Å². The van der Waals surface area contributed by atoms with Gasteiger partial charge in [-0.15, -0.1) is 0 Å². The van der Waals surface area contributed by atoms with E-state index in [0.717, 1.165) is 6.08 Å². The number of carboxylic acids is 1. The zero-order valence-electron chi connectivity index (χ0n) is 14.8. The Balaban J connectivity index is 1.93. The van der Waals surface area contributed by atoms with E-state index in [-0.39, 0.29) is 11.2 Å². The molecule has 0 amide bonds. The number of nitrogens with zero attached hydrogens (tertiary/aromatic N) is 2. The normalized spacial score (nSPS) is 11.0. The second-order valence-corrected chi connectivity index (χ2v) is 5.91. The molecular formula is C20H16N2O6. The fourth-order valence-corrected chi connectivity index (χ4v) is 2.68. The van der Waals surface area contributed by atoms with Crippen molar-refractivity contribution in [2.45, 2.75) is 0 Å². The molecule has 3 rings (SSSR count). The van der Waals surface area contributed by atoms with Crippen LogP contribution in [0.2, 0.25) is 0 Å². The van der Waals surface area contributed by atoms with Crippen LogP contribution in [0.4, 0.5) is 0 Å². The van der Waals surface area contributed by atoms with Gasteiger partial charge in [-0.3, -0.25) is 14.2 Å². The summed E-state index contributed by atoms with van der Waals surface area (Å²) < 4.78 is 6.29. The third kappa shape index (κ3) is 3.75. The lowest BCUT2D eigenvalue weighted by Gasteiger charge is -2.09. The fraction of sp³-hybridized carbons (Fsp3) is 0.100. The van der Waals surface area contributed by atoms with Crippen molar-refractivity contribution in [2.24, 2.45) is 7.05 Å². The fourth-order valence-electron chi connectivity index (χ4n) is 2.68. The minimum Gasteiger partial charge on any atom is -0.506 e. The third-order valence-corrected chi connectivity index (χ3v) is 4.01. The molecule has 2 aromatic heterocycles. The molecule has 0 radical (unpaired) electrons. The molecule has 8 nitrogen and oxygen atoms in total. The number of aryl methyl sites for hydroxylation is 1. The lowest BCUT2D eigenvalue weighted by atomic mass is 10.1. The van der Waals surface area contributed by atoms with Gasteiger partial charge in [0.2, 0.25) is 0 Å². The Hall–Kier alpha value is -3.94. The predicted molar refractivity (Wildman–Crippen MR) is 102 cm³/mol. The number of hydrogen-bond donors (Lipinski definition) is 2. The van der Waals surface area contributed by atoms with Crippen LogP contribution in [0.15, 0.2) is 53.5 Å². The molecule has 28 heavy (non-hydrogen) atoms. The number of allylic oxidation sites excluding steroid dienone is 1. The maximum atomic E-state index is 12.6. The Morgan fingerprint density at radius 3 is 2.79 bits per heavy atom. The molecule has 0 bridgehead atoms. The van der Waals surface area contributed by atoms with Crippen molar-refractivity contribution in [2.75, 3.05) is 6.61 Å². The van der Waals surface area contributed by atoms with Gasteiger partial charge in [-0.2, -0.15) is 0 Å². The summed E-state index contributed by atoms with van der Waals surface area (Å²) in [6, 6.07) is 9.62. The summed E-state index contributed by atoms with van der Waals surface area (Å²) in [4.78, 5) is 39.7. The molecule has 0 saturated carbocycles. The lowest BCUT2D eigenvalue weighted by Crippen LogP contribution is -2.24. The average molecular weight is 380 g/mol. The second kappa shape index (κ2) is 7.75. The highest BCUT2D eigenvalue weighted by molar-refractivity contribution is 6.10. The van der Waals surface area contributed by atoms with Gasteiger partial charge in [0.25, 0.3) is 5.56 Å². The first-order chi connectivity index (χ1) is 13.4. The quantitative estimate of drug-likeness (QED) is 0.496. The van der Waals surface area contributed by atoms with Crippen LogP contribution in [0.25, 0.3) is 17.1 Å². The SMILES string of the molecule is Cn1c(=O)c(C(=O)/C=C/c2cccc(OCC(=O)O)c2)c(O)c2cccnc21. The Morgan fingerprint density at radius 1 is 1.25 bits per heavy atom. The number of fused-ring (bicyclic) bond motifs is 1. The first kappa shape index (κ1) is 18.8. The number of pyridine rings is 2. The van der Waals surface area contributed by atoms with Crippen molar-refractivity contribution in [1.29, 1.82) is 0 Å². The molecule has 142 valence electrons. The molecule has 2 N–H and O–H groups in total. The summed E-state index contributed by atoms with van der Waals surface area (Å²) in [5.74, 6) is -1.86. The van der Waals surface area contributed by atoms with Crippen molar-refractivity contribution >= 4 is 28.9 Å². The summed E-state index contributed by atoms with van der Waals surface area (Å²) in [5, 5.41) is 19.4. The number of carboxylic acid groups (broad SMARTS) is 1. The topological polar surface area (TPSA) is 119 Å². The molecule has 0 spiro atoms. The number of carbonyl (C=O) groups excluding carboxylic acids is 1. The summed E-state index contributed by atoms with van der Waals surface area (Å²) in [5.41, 5.74) is -0.168. The molecule has 0 atom stereocenters. The van der Waals surface area contributed by atoms with Gasteiger partial charge in [0, 0.05) is 13.2 Å². The van der Waals surface area contributed by atoms with Crippen molar-refractivity contribution in [3.63, 3.8) is 0 Å². The number of ether oxygens (including phenoxy) is 1. The molecular weight excluding hydrogens is 364 g/mol. The van der Waals surface area contributed by atoms with E-state index in [1.165, 1.54) is 23.9 Å².